The molecule has 0 spiro atoms. The van der Waals surface area contributed by atoms with Crippen molar-refractivity contribution in [3.8, 4) is 0 Å². The van der Waals surface area contributed by atoms with Crippen molar-refractivity contribution in [2.24, 2.45) is 0 Å². The topological polar surface area (TPSA) is 65.4 Å². The molecular weight excluding hydrogens is 451 g/mol. The first-order chi connectivity index (χ1) is 15.5. The summed E-state index contributed by atoms with van der Waals surface area (Å²) in [5.74, 6) is 0. The molecule has 2 aromatic carbocycles. The Morgan fingerprint density at radius 2 is 1.53 bits per heavy atom. The van der Waals surface area contributed by atoms with Gasteiger partial charge in [0.2, 0.25) is 0 Å². The van der Waals surface area contributed by atoms with Crippen LogP contribution < -0.4 is 0 Å². The molecule has 174 valence electrons. The summed E-state index contributed by atoms with van der Waals surface area (Å²) in [6.45, 7) is 4.47. The van der Waals surface area contributed by atoms with Gasteiger partial charge in [-0.2, -0.15) is 0 Å². The summed E-state index contributed by atoms with van der Waals surface area (Å²) in [6, 6.07) is 15.5. The van der Waals surface area contributed by atoms with Crippen LogP contribution in [-0.4, -0.2) is 83.8 Å². The zero-order valence-electron chi connectivity index (χ0n) is 17.9. The van der Waals surface area contributed by atoms with E-state index in [1.807, 2.05) is 36.4 Å². The van der Waals surface area contributed by atoms with Crippen LogP contribution in [0, 0.1) is 0 Å². The fraction of sp³-hybridized carbons (Fsp3) is 0.500. The molecule has 4 atom stereocenters. The summed E-state index contributed by atoms with van der Waals surface area (Å²) in [5, 5.41) is 22.1. The van der Waals surface area contributed by atoms with Gasteiger partial charge in [-0.3, -0.25) is 9.80 Å². The molecule has 2 aromatic rings. The van der Waals surface area contributed by atoms with Crippen molar-refractivity contribution in [2.75, 3.05) is 39.5 Å². The number of halogens is 2. The average molecular weight is 481 g/mol. The first-order valence-corrected chi connectivity index (χ1v) is 11.8. The predicted molar refractivity (Wildman–Crippen MR) is 125 cm³/mol. The highest BCUT2D eigenvalue weighted by Gasteiger charge is 2.46. The lowest BCUT2D eigenvalue weighted by molar-refractivity contribution is -0.0373. The highest BCUT2D eigenvalue weighted by atomic mass is 35.5. The molecule has 0 radical (unpaired) electrons. The maximum atomic E-state index is 10.9. The van der Waals surface area contributed by atoms with Crippen molar-refractivity contribution >= 4 is 23.2 Å². The number of hydrogen-bond donors (Lipinski definition) is 2. The zero-order valence-corrected chi connectivity index (χ0v) is 19.5. The molecule has 8 heteroatoms. The van der Waals surface area contributed by atoms with Gasteiger partial charge in [0.05, 0.1) is 32.0 Å². The molecular formula is C24H30Cl2N2O4. The van der Waals surface area contributed by atoms with Crippen LogP contribution in [0.3, 0.4) is 0 Å². The summed E-state index contributed by atoms with van der Waals surface area (Å²) in [4.78, 5) is 4.51. The maximum Gasteiger partial charge on any atom is 0.109 e. The number of benzene rings is 2. The van der Waals surface area contributed by atoms with Crippen LogP contribution in [-0.2, 0) is 22.6 Å². The second-order valence-corrected chi connectivity index (χ2v) is 9.33. The Balaban J connectivity index is 1.56. The summed E-state index contributed by atoms with van der Waals surface area (Å²) in [5.41, 5.74) is 2.19. The lowest BCUT2D eigenvalue weighted by atomic mass is 10.0. The Morgan fingerprint density at radius 3 is 2.06 bits per heavy atom. The van der Waals surface area contributed by atoms with Crippen LogP contribution in [0.15, 0.2) is 48.5 Å². The Hall–Kier alpha value is -1.22. The summed E-state index contributed by atoms with van der Waals surface area (Å²) >= 11 is 12.4. The third-order valence-electron chi connectivity index (χ3n) is 6.14. The van der Waals surface area contributed by atoms with E-state index in [0.29, 0.717) is 42.9 Å². The molecule has 4 rings (SSSR count). The molecule has 6 nitrogen and oxygen atoms in total. The van der Waals surface area contributed by atoms with Crippen molar-refractivity contribution in [2.45, 2.75) is 37.4 Å². The van der Waals surface area contributed by atoms with Crippen LogP contribution in [0.25, 0.3) is 0 Å². The van der Waals surface area contributed by atoms with Crippen molar-refractivity contribution < 1.29 is 19.7 Å². The Morgan fingerprint density at radius 1 is 0.938 bits per heavy atom. The van der Waals surface area contributed by atoms with E-state index >= 15 is 0 Å². The van der Waals surface area contributed by atoms with E-state index in [4.69, 9.17) is 32.7 Å². The third kappa shape index (κ3) is 6.01. The summed E-state index contributed by atoms with van der Waals surface area (Å²) < 4.78 is 11.7. The second-order valence-electron chi connectivity index (χ2n) is 8.45. The minimum atomic E-state index is -0.748. The van der Waals surface area contributed by atoms with Crippen LogP contribution >= 0.6 is 23.2 Å². The fourth-order valence-corrected chi connectivity index (χ4v) is 5.11. The van der Waals surface area contributed by atoms with E-state index in [0.717, 1.165) is 24.2 Å². The van der Waals surface area contributed by atoms with Crippen LogP contribution in [0.5, 0.6) is 0 Å². The van der Waals surface area contributed by atoms with Crippen LogP contribution in [0.4, 0.5) is 0 Å². The van der Waals surface area contributed by atoms with Gasteiger partial charge >= 0.3 is 0 Å². The van der Waals surface area contributed by atoms with E-state index in [1.165, 1.54) is 0 Å². The SMILES string of the molecule is OC[C@@H]1O[C@H](CN(Cc2cccc(Cl)c2)Cc2cccc(Cl)c2)[C@@H](N2CCOCC2)[C@@H]1O. The van der Waals surface area contributed by atoms with Gasteiger partial charge in [-0.15, -0.1) is 0 Å². The highest BCUT2D eigenvalue weighted by Crippen LogP contribution is 2.28. The maximum absolute atomic E-state index is 10.9. The predicted octanol–water partition coefficient (Wildman–Crippen LogP) is 2.82. The number of aliphatic hydroxyl groups is 2. The average Bonchev–Trinajstić information content (AvgIpc) is 3.09. The summed E-state index contributed by atoms with van der Waals surface area (Å²) in [6.07, 6.45) is -1.59. The Labute approximate surface area is 199 Å². The molecule has 2 fully saturated rings. The fourth-order valence-electron chi connectivity index (χ4n) is 4.68. The smallest absolute Gasteiger partial charge is 0.109 e. The monoisotopic (exact) mass is 480 g/mol. The molecule has 0 unspecified atom stereocenters. The molecule has 2 N–H and O–H groups in total. The third-order valence-corrected chi connectivity index (χ3v) is 6.61. The number of hydrogen-bond acceptors (Lipinski definition) is 6. The van der Waals surface area contributed by atoms with E-state index in [-0.39, 0.29) is 18.8 Å². The van der Waals surface area contributed by atoms with Gasteiger partial charge in [-0.05, 0) is 35.4 Å². The molecule has 2 aliphatic heterocycles. The second kappa shape index (κ2) is 11.3. The van der Waals surface area contributed by atoms with Crippen LogP contribution in [0.2, 0.25) is 10.0 Å². The standard InChI is InChI=1S/C24H30Cl2N2O4/c25-19-5-1-3-17(11-19)13-27(14-18-4-2-6-20(26)12-18)15-21-23(24(30)22(16-29)32-21)28-7-9-31-10-8-28/h1-6,11-12,21-24,29-30H,7-10,13-16H2/t21-,22+,23-,24-/m1/s1. The Bertz CT molecular complexity index is 833. The molecule has 0 aliphatic carbocycles. The van der Waals surface area contributed by atoms with Gasteiger partial charge in [0.15, 0.2) is 0 Å². The normalized spacial score (nSPS) is 26.7. The number of morpholine rings is 1. The Kier molecular flexibility index (Phi) is 8.43. The van der Waals surface area contributed by atoms with E-state index in [2.05, 4.69) is 21.9 Å². The molecule has 0 saturated carbocycles. The van der Waals surface area contributed by atoms with Gasteiger partial charge in [0.25, 0.3) is 0 Å². The first kappa shape index (κ1) is 23.9. The largest absolute Gasteiger partial charge is 0.394 e. The molecule has 0 bridgehead atoms. The lowest BCUT2D eigenvalue weighted by Crippen LogP contribution is -2.54. The lowest BCUT2D eigenvalue weighted by Gasteiger charge is -2.37. The molecule has 32 heavy (non-hydrogen) atoms. The van der Waals surface area contributed by atoms with Crippen LogP contribution in [0.1, 0.15) is 11.1 Å². The molecule has 2 aliphatic rings. The van der Waals surface area contributed by atoms with E-state index in [1.54, 1.807) is 0 Å². The highest BCUT2D eigenvalue weighted by molar-refractivity contribution is 6.30. The molecule has 0 amide bonds. The molecule has 2 heterocycles. The number of rotatable bonds is 8. The molecule has 2 saturated heterocycles. The van der Waals surface area contributed by atoms with Crippen molar-refractivity contribution in [1.29, 1.82) is 0 Å². The van der Waals surface area contributed by atoms with E-state index < -0.39 is 12.2 Å². The summed E-state index contributed by atoms with van der Waals surface area (Å²) in [7, 11) is 0. The first-order valence-electron chi connectivity index (χ1n) is 11.0. The number of aliphatic hydroxyl groups excluding tert-OH is 2. The van der Waals surface area contributed by atoms with Gasteiger partial charge in [0, 0.05) is 42.8 Å². The van der Waals surface area contributed by atoms with Gasteiger partial charge in [0.1, 0.15) is 12.2 Å². The number of nitrogens with zero attached hydrogens (tertiary/aromatic N) is 2. The van der Waals surface area contributed by atoms with Crippen molar-refractivity contribution in [1.82, 2.24) is 9.80 Å². The zero-order chi connectivity index (χ0) is 22.5. The van der Waals surface area contributed by atoms with Gasteiger partial charge in [-0.25, -0.2) is 0 Å². The van der Waals surface area contributed by atoms with Crippen molar-refractivity contribution in [3.63, 3.8) is 0 Å². The van der Waals surface area contributed by atoms with Crippen molar-refractivity contribution in [3.05, 3.63) is 69.7 Å². The minimum absolute atomic E-state index is 0.197. The number of ether oxygens (including phenoxy) is 2. The molecule has 0 aromatic heterocycles. The van der Waals surface area contributed by atoms with Gasteiger partial charge in [-0.1, -0.05) is 47.5 Å². The quantitative estimate of drug-likeness (QED) is 0.605. The van der Waals surface area contributed by atoms with Gasteiger partial charge < -0.3 is 19.7 Å². The van der Waals surface area contributed by atoms with E-state index in [9.17, 15) is 10.2 Å². The minimum Gasteiger partial charge on any atom is -0.394 e.